The van der Waals surface area contributed by atoms with E-state index in [-0.39, 0.29) is 12.0 Å². The van der Waals surface area contributed by atoms with Crippen molar-refractivity contribution in [3.8, 4) is 6.07 Å². The van der Waals surface area contributed by atoms with E-state index >= 15 is 0 Å². The van der Waals surface area contributed by atoms with Crippen LogP contribution >= 0.6 is 19.5 Å². The van der Waals surface area contributed by atoms with Crippen LogP contribution in [-0.4, -0.2) is 4.98 Å². The summed E-state index contributed by atoms with van der Waals surface area (Å²) < 4.78 is 65.8. The number of aryl methyl sites for hydroxylation is 1. The minimum absolute atomic E-state index is 0.00548. The zero-order valence-corrected chi connectivity index (χ0v) is 18.3. The zero-order chi connectivity index (χ0) is 22.4. The van der Waals surface area contributed by atoms with E-state index in [0.29, 0.717) is 23.2 Å². The number of nitrogens with zero attached hydrogens (tertiary/aromatic N) is 2. The fourth-order valence-electron chi connectivity index (χ4n) is 3.36. The number of hydrogen-bond acceptors (Lipinski definition) is 2. The highest BCUT2D eigenvalue weighted by Gasteiger charge is 2.65. The van der Waals surface area contributed by atoms with E-state index in [2.05, 4.69) is 20.3 Å². The van der Waals surface area contributed by atoms with Crippen molar-refractivity contribution in [2.75, 3.05) is 0 Å². The van der Waals surface area contributed by atoms with E-state index < -0.39 is 20.5 Å². The average Bonchev–Trinajstić information content (AvgIpc) is 2.65. The fourth-order valence-corrected chi connectivity index (χ4v) is 4.50. The van der Waals surface area contributed by atoms with E-state index in [4.69, 9.17) is 0 Å². The second kappa shape index (κ2) is 6.63. The summed E-state index contributed by atoms with van der Waals surface area (Å²) in [5.41, 5.74) is 1.83. The number of nitriles is 1. The lowest BCUT2D eigenvalue weighted by molar-refractivity contribution is 0.363. The summed E-state index contributed by atoms with van der Waals surface area (Å²) in [6.07, 6.45) is 0.652. The highest BCUT2D eigenvalue weighted by Crippen LogP contribution is 3.02. The van der Waals surface area contributed by atoms with Crippen LogP contribution in [0.3, 0.4) is 0 Å². The van der Waals surface area contributed by atoms with E-state index in [9.17, 15) is 24.7 Å². The largest absolute Gasteiger partial charge is 0.310 e. The summed E-state index contributed by atoms with van der Waals surface area (Å²) in [7, 11) is -7.23. The number of aromatic nitrogens is 1. The number of halogens is 5. The molecule has 0 aliphatic rings. The van der Waals surface area contributed by atoms with Gasteiger partial charge in [-0.1, -0.05) is 59.9 Å². The van der Waals surface area contributed by atoms with Gasteiger partial charge in [-0.05, 0) is 60.7 Å². The molecule has 2 aromatic carbocycles. The molecular weight excluding hydrogens is 438 g/mol. The smallest absolute Gasteiger partial charge is 0.248 e. The molecule has 0 spiro atoms. The van der Waals surface area contributed by atoms with Gasteiger partial charge in [0.15, 0.2) is 0 Å². The van der Waals surface area contributed by atoms with E-state index in [0.717, 1.165) is 28.9 Å². The van der Waals surface area contributed by atoms with Gasteiger partial charge in [0.1, 0.15) is 4.90 Å². The molecule has 9 heteroatoms. The molecule has 0 fully saturated rings. The van der Waals surface area contributed by atoms with Gasteiger partial charge in [-0.25, -0.2) is 4.98 Å². The number of benzene rings is 2. The topological polar surface area (TPSA) is 36.7 Å². The Hall–Kier alpha value is -2.23. The molecule has 30 heavy (non-hydrogen) atoms. The van der Waals surface area contributed by atoms with Crippen molar-refractivity contribution in [2.45, 2.75) is 37.0 Å². The monoisotopic (exact) mass is 458 g/mol. The van der Waals surface area contributed by atoms with Gasteiger partial charge in [-0.2, -0.15) is 5.26 Å². The maximum Gasteiger partial charge on any atom is 0.310 e. The first-order chi connectivity index (χ1) is 13.6. The van der Waals surface area contributed by atoms with Crippen LogP contribution in [0.15, 0.2) is 53.4 Å². The third-order valence-electron chi connectivity index (χ3n) is 5.10. The Labute approximate surface area is 174 Å². The summed E-state index contributed by atoms with van der Waals surface area (Å²) in [6.45, 7) is 3.58. The Morgan fingerprint density at radius 3 is 2.37 bits per heavy atom. The molecule has 2 atom stereocenters. The molecule has 1 aromatic heterocycles. The predicted molar refractivity (Wildman–Crippen MR) is 115 cm³/mol. The van der Waals surface area contributed by atoms with Crippen LogP contribution < -0.4 is 5.44 Å². The molecule has 0 saturated heterocycles. The van der Waals surface area contributed by atoms with Crippen molar-refractivity contribution in [3.05, 3.63) is 65.2 Å². The molecule has 0 N–H and O–H groups in total. The second-order valence-corrected chi connectivity index (χ2v) is 10.5. The lowest BCUT2D eigenvalue weighted by Crippen LogP contribution is -2.23. The first-order valence-electron chi connectivity index (χ1n) is 9.09. The Kier molecular flexibility index (Phi) is 4.96. The Balaban J connectivity index is 2.04. The molecular formula is C21H20F5N2PS. The highest BCUT2D eigenvalue weighted by molar-refractivity contribution is 8.45. The van der Waals surface area contributed by atoms with Gasteiger partial charge in [0.05, 0.1) is 22.4 Å². The molecule has 1 heterocycles. The number of rotatable bonds is 5. The van der Waals surface area contributed by atoms with Crippen molar-refractivity contribution in [3.63, 3.8) is 0 Å². The van der Waals surface area contributed by atoms with Crippen molar-refractivity contribution in [1.29, 1.82) is 5.26 Å². The van der Waals surface area contributed by atoms with Gasteiger partial charge in [0.2, 0.25) is 0 Å². The standard InChI is InChI=1S/C21H20F5N2PS/c1-3-15-10-16-7-8-17(11-19(16)28-20(15)29)21(2,13-27)12-14-5-4-6-18(9-14)30(22,23,24,25)26/h4-11H,3,12,29H2,1-2H3. The van der Waals surface area contributed by atoms with Crippen molar-refractivity contribution in [2.24, 2.45) is 0 Å². The van der Waals surface area contributed by atoms with Crippen LogP contribution in [0.4, 0.5) is 19.4 Å². The molecule has 160 valence electrons. The van der Waals surface area contributed by atoms with E-state index in [1.807, 2.05) is 19.1 Å². The van der Waals surface area contributed by atoms with Gasteiger partial charge in [0.25, 0.3) is 0 Å². The minimum atomic E-state index is -9.79. The van der Waals surface area contributed by atoms with Crippen LogP contribution in [0.2, 0.25) is 0 Å². The fraction of sp³-hybridized carbons (Fsp3) is 0.238. The summed E-state index contributed by atoms with van der Waals surface area (Å²) in [4.78, 5) is 2.59. The molecule has 2 unspecified atom stereocenters. The molecule has 0 amide bonds. The number of fused-ring (bicyclic) bond motifs is 1. The quantitative estimate of drug-likeness (QED) is 0.306. The van der Waals surface area contributed by atoms with Crippen LogP contribution in [0.25, 0.3) is 10.9 Å². The minimum Gasteiger partial charge on any atom is -0.248 e. The van der Waals surface area contributed by atoms with Crippen LogP contribution in [0.1, 0.15) is 30.5 Å². The third-order valence-corrected chi connectivity index (χ3v) is 6.74. The van der Waals surface area contributed by atoms with Crippen LogP contribution in [0, 0.1) is 11.3 Å². The summed E-state index contributed by atoms with van der Waals surface area (Å²) >= 11 is 0. The molecule has 2 nitrogen and oxygen atoms in total. The predicted octanol–water partition coefficient (Wildman–Crippen LogP) is 6.98. The van der Waals surface area contributed by atoms with Crippen molar-refractivity contribution >= 4 is 35.8 Å². The first kappa shape index (κ1) is 22.5. The Morgan fingerprint density at radius 2 is 1.77 bits per heavy atom. The molecule has 3 rings (SSSR count). The molecule has 0 radical (unpaired) electrons. The van der Waals surface area contributed by atoms with Crippen LogP contribution in [-0.2, 0) is 18.3 Å². The van der Waals surface area contributed by atoms with Gasteiger partial charge >= 0.3 is 10.2 Å². The maximum atomic E-state index is 13.2. The van der Waals surface area contributed by atoms with Gasteiger partial charge in [0, 0.05) is 5.39 Å². The van der Waals surface area contributed by atoms with Gasteiger partial charge in [-0.3, -0.25) is 0 Å². The SMILES string of the molecule is CCc1cc2ccc(C(C)(C#N)Cc3cccc(S(F)(F)(F)(F)F)c3)cc2nc1P. The lowest BCUT2D eigenvalue weighted by atomic mass is 9.78. The van der Waals surface area contributed by atoms with Crippen molar-refractivity contribution in [1.82, 2.24) is 4.98 Å². The number of pyridine rings is 1. The third kappa shape index (κ3) is 4.58. The zero-order valence-electron chi connectivity index (χ0n) is 16.3. The average molecular weight is 458 g/mol. The Morgan fingerprint density at radius 1 is 1.07 bits per heavy atom. The van der Waals surface area contributed by atoms with Crippen LogP contribution in [0.5, 0.6) is 0 Å². The second-order valence-electron chi connectivity index (χ2n) is 7.53. The number of hydrogen-bond donors (Lipinski definition) is 0. The van der Waals surface area contributed by atoms with E-state index in [1.165, 1.54) is 6.07 Å². The normalized spacial score (nSPS) is 16.4. The molecule has 0 bridgehead atoms. The molecule has 3 aromatic rings. The van der Waals surface area contributed by atoms with Gasteiger partial charge < -0.3 is 0 Å². The summed E-state index contributed by atoms with van der Waals surface area (Å²) in [5, 5.41) is 10.7. The lowest BCUT2D eigenvalue weighted by Gasteiger charge is -2.40. The maximum absolute atomic E-state index is 13.2. The first-order valence-corrected chi connectivity index (χ1v) is 11.6. The van der Waals surface area contributed by atoms with Crippen molar-refractivity contribution < 1.29 is 19.4 Å². The van der Waals surface area contributed by atoms with E-state index in [1.54, 1.807) is 19.1 Å². The van der Waals surface area contributed by atoms with Gasteiger partial charge in [-0.15, -0.1) is 0 Å². The molecule has 0 aliphatic heterocycles. The Bertz CT molecular complexity index is 1190. The molecule has 0 aliphatic carbocycles. The summed E-state index contributed by atoms with van der Waals surface area (Å²) in [5.74, 6) is 0. The molecule has 0 saturated carbocycles. The highest BCUT2D eigenvalue weighted by atomic mass is 32.5. The summed E-state index contributed by atoms with van der Waals surface area (Å²) in [6, 6.07) is 12.4.